The molecule has 0 bridgehead atoms. The zero-order chi connectivity index (χ0) is 22.2. The summed E-state index contributed by atoms with van der Waals surface area (Å²) in [4.78, 5) is 39.4. The predicted molar refractivity (Wildman–Crippen MR) is 119 cm³/mol. The normalized spacial score (nSPS) is 13.2. The molecule has 0 aliphatic carbocycles. The van der Waals surface area contributed by atoms with Crippen LogP contribution in [0.4, 0.5) is 0 Å². The Hall–Kier alpha value is 0.260. The van der Waals surface area contributed by atoms with Gasteiger partial charge in [-0.25, -0.2) is 9.13 Å². The minimum absolute atomic E-state index is 0.167. The molecule has 0 unspecified atom stereocenters. The molecular formula is C20H46NO6P2+. The van der Waals surface area contributed by atoms with E-state index in [-0.39, 0.29) is 13.1 Å². The molecule has 0 aromatic rings. The Labute approximate surface area is 178 Å². The van der Waals surface area contributed by atoms with Crippen molar-refractivity contribution < 1.29 is 32.7 Å². The van der Waals surface area contributed by atoms with Crippen LogP contribution in [-0.4, -0.2) is 36.7 Å². The van der Waals surface area contributed by atoms with Crippen molar-refractivity contribution in [3.05, 3.63) is 0 Å². The number of rotatable bonds is 20. The van der Waals surface area contributed by atoms with Crippen LogP contribution in [0.2, 0.25) is 0 Å². The van der Waals surface area contributed by atoms with Gasteiger partial charge in [0, 0.05) is 0 Å². The molecule has 0 amide bonds. The SMILES string of the molecule is CCCCCCCCCC[N+](CCCCCCCCCC)(P(=O)(O)O)P(=O)(O)O. The average molecular weight is 459 g/mol. The lowest BCUT2D eigenvalue weighted by Gasteiger charge is -2.37. The minimum atomic E-state index is -4.99. The molecule has 9 heteroatoms. The van der Waals surface area contributed by atoms with Gasteiger partial charge in [-0.15, -0.1) is 0 Å². The maximum atomic E-state index is 12.2. The van der Waals surface area contributed by atoms with Crippen molar-refractivity contribution >= 4 is 15.5 Å². The van der Waals surface area contributed by atoms with E-state index in [1.165, 1.54) is 38.5 Å². The van der Waals surface area contributed by atoms with Crippen molar-refractivity contribution in [2.24, 2.45) is 0 Å². The van der Waals surface area contributed by atoms with Crippen LogP contribution in [0.15, 0.2) is 0 Å². The van der Waals surface area contributed by atoms with Crippen molar-refractivity contribution in [2.75, 3.05) is 13.1 Å². The molecule has 0 atom stereocenters. The molecule has 176 valence electrons. The lowest BCUT2D eigenvalue weighted by atomic mass is 10.1. The van der Waals surface area contributed by atoms with E-state index in [1.54, 1.807) is 0 Å². The molecule has 0 spiro atoms. The largest absolute Gasteiger partial charge is 0.533 e. The number of nitrogens with zero attached hydrogens (tertiary/aromatic N) is 1. The quantitative estimate of drug-likeness (QED) is 0.126. The van der Waals surface area contributed by atoms with E-state index in [9.17, 15) is 28.7 Å². The standard InChI is InChI=1S/C20H45NO6P2/c1-3-5-7-9-11-13-15-17-19-21(28(22,23)24,29(25,26)27)20-18-16-14-12-10-8-6-4-2/h3-20H2,1-2H3,(H3-,22,23,24,25,26,27)/p+1. The fraction of sp³-hybridized carbons (Fsp3) is 1.00. The monoisotopic (exact) mass is 458 g/mol. The summed E-state index contributed by atoms with van der Waals surface area (Å²) >= 11 is 0. The number of hydrogen-bond acceptors (Lipinski definition) is 2. The van der Waals surface area contributed by atoms with Crippen molar-refractivity contribution in [3.63, 3.8) is 0 Å². The van der Waals surface area contributed by atoms with Gasteiger partial charge in [0.25, 0.3) is 0 Å². The minimum Gasteiger partial charge on any atom is -0.279 e. The highest BCUT2D eigenvalue weighted by atomic mass is 31.3. The van der Waals surface area contributed by atoms with E-state index < -0.39 is 19.5 Å². The van der Waals surface area contributed by atoms with Crippen LogP contribution in [-0.2, 0) is 9.13 Å². The molecule has 0 aromatic heterocycles. The summed E-state index contributed by atoms with van der Waals surface area (Å²) < 4.78 is 22.9. The van der Waals surface area contributed by atoms with Crippen molar-refractivity contribution in [3.8, 4) is 0 Å². The lowest BCUT2D eigenvalue weighted by Crippen LogP contribution is -2.42. The fourth-order valence-corrected chi connectivity index (χ4v) is 6.60. The van der Waals surface area contributed by atoms with Gasteiger partial charge in [0.05, 0.1) is 13.1 Å². The summed E-state index contributed by atoms with van der Waals surface area (Å²) in [5, 5.41) is 0. The molecule has 0 fully saturated rings. The molecule has 0 aliphatic heterocycles. The van der Waals surface area contributed by atoms with Gasteiger partial charge in [-0.2, -0.15) is 4.02 Å². The molecular weight excluding hydrogens is 412 g/mol. The Morgan fingerprint density at radius 1 is 0.483 bits per heavy atom. The highest BCUT2D eigenvalue weighted by Crippen LogP contribution is 2.66. The van der Waals surface area contributed by atoms with Gasteiger partial charge in [-0.1, -0.05) is 90.9 Å². The Morgan fingerprint density at radius 2 is 0.724 bits per heavy atom. The van der Waals surface area contributed by atoms with Crippen molar-refractivity contribution in [1.82, 2.24) is 0 Å². The van der Waals surface area contributed by atoms with Crippen LogP contribution in [0.3, 0.4) is 0 Å². The van der Waals surface area contributed by atoms with Crippen LogP contribution in [0, 0.1) is 0 Å². The molecule has 7 nitrogen and oxygen atoms in total. The van der Waals surface area contributed by atoms with Gasteiger partial charge in [0.1, 0.15) is 0 Å². The molecule has 0 saturated carbocycles. The molecule has 0 aliphatic rings. The molecule has 0 heterocycles. The molecule has 4 N–H and O–H groups in total. The van der Waals surface area contributed by atoms with Gasteiger partial charge < -0.3 is 0 Å². The first-order valence-electron chi connectivity index (χ1n) is 11.6. The van der Waals surface area contributed by atoms with Crippen LogP contribution in [0.25, 0.3) is 0 Å². The average Bonchev–Trinajstić information content (AvgIpc) is 2.62. The molecule has 29 heavy (non-hydrogen) atoms. The first-order valence-corrected chi connectivity index (χ1v) is 14.7. The van der Waals surface area contributed by atoms with Crippen LogP contribution < -0.4 is 0 Å². The number of hydrogen-bond donors (Lipinski definition) is 4. The fourth-order valence-electron chi connectivity index (χ4n) is 3.78. The summed E-state index contributed by atoms with van der Waals surface area (Å²) in [6.45, 7) is 3.99. The Balaban J connectivity index is 4.57. The van der Waals surface area contributed by atoms with Crippen molar-refractivity contribution in [2.45, 2.75) is 117 Å². The van der Waals surface area contributed by atoms with Gasteiger partial charge in [0.2, 0.25) is 0 Å². The summed E-state index contributed by atoms with van der Waals surface area (Å²) in [6.07, 6.45) is 15.8. The second-order valence-corrected chi connectivity index (χ2v) is 12.2. The second-order valence-electron chi connectivity index (χ2n) is 8.30. The third-order valence-electron chi connectivity index (χ3n) is 5.71. The van der Waals surface area contributed by atoms with Crippen LogP contribution in [0.5, 0.6) is 0 Å². The Morgan fingerprint density at radius 3 is 0.966 bits per heavy atom. The molecule has 0 radical (unpaired) electrons. The first kappa shape index (κ1) is 29.3. The summed E-state index contributed by atoms with van der Waals surface area (Å²) in [7, 11) is -9.99. The Kier molecular flexibility index (Phi) is 16.1. The maximum absolute atomic E-state index is 12.2. The third kappa shape index (κ3) is 12.0. The first-order chi connectivity index (χ1) is 13.6. The van der Waals surface area contributed by atoms with E-state index in [2.05, 4.69) is 13.8 Å². The molecule has 0 aromatic carbocycles. The van der Waals surface area contributed by atoms with E-state index in [4.69, 9.17) is 0 Å². The van der Waals surface area contributed by atoms with Gasteiger partial charge in [-0.3, -0.25) is 19.6 Å². The maximum Gasteiger partial charge on any atom is 0.533 e. The zero-order valence-electron chi connectivity index (χ0n) is 18.7. The number of quaternary nitrogens is 1. The van der Waals surface area contributed by atoms with E-state index in [0.717, 1.165) is 51.4 Å². The topological polar surface area (TPSA) is 115 Å². The van der Waals surface area contributed by atoms with Crippen LogP contribution >= 0.6 is 15.5 Å². The number of unbranched alkanes of at least 4 members (excludes halogenated alkanes) is 14. The highest BCUT2D eigenvalue weighted by molar-refractivity contribution is 7.58. The van der Waals surface area contributed by atoms with E-state index in [0.29, 0.717) is 12.8 Å². The summed E-state index contributed by atoms with van der Waals surface area (Å²) in [5.74, 6) is 0. The van der Waals surface area contributed by atoms with Crippen LogP contribution in [0.1, 0.15) is 117 Å². The second kappa shape index (κ2) is 16.0. The van der Waals surface area contributed by atoms with Gasteiger partial charge in [0.15, 0.2) is 0 Å². The van der Waals surface area contributed by atoms with E-state index in [1.807, 2.05) is 0 Å². The smallest absolute Gasteiger partial charge is 0.279 e. The Bertz CT molecular complexity index is 447. The van der Waals surface area contributed by atoms with E-state index >= 15 is 0 Å². The van der Waals surface area contributed by atoms with Crippen molar-refractivity contribution in [1.29, 1.82) is 0 Å². The zero-order valence-corrected chi connectivity index (χ0v) is 20.5. The highest BCUT2D eigenvalue weighted by Gasteiger charge is 2.58. The third-order valence-corrected chi connectivity index (χ3v) is 9.85. The lowest BCUT2D eigenvalue weighted by molar-refractivity contribution is -0.714. The summed E-state index contributed by atoms with van der Waals surface area (Å²) in [6, 6.07) is 0. The predicted octanol–water partition coefficient (Wildman–Crippen LogP) is 6.27. The van der Waals surface area contributed by atoms with Gasteiger partial charge >= 0.3 is 15.5 Å². The molecule has 0 rings (SSSR count). The van der Waals surface area contributed by atoms with Gasteiger partial charge in [-0.05, 0) is 25.7 Å². The molecule has 0 saturated heterocycles. The summed E-state index contributed by atoms with van der Waals surface area (Å²) in [5.41, 5.74) is 0.